The molecule has 0 bridgehead atoms. The summed E-state index contributed by atoms with van der Waals surface area (Å²) in [5.41, 5.74) is 0.111. The van der Waals surface area contributed by atoms with Crippen molar-refractivity contribution in [3.05, 3.63) is 0 Å². The van der Waals surface area contributed by atoms with Crippen LogP contribution < -0.4 is 5.32 Å². The van der Waals surface area contributed by atoms with E-state index in [4.69, 9.17) is 0 Å². The number of hydrogen-bond donors (Lipinski definition) is 1. The van der Waals surface area contributed by atoms with E-state index in [2.05, 4.69) is 24.1 Å². The van der Waals surface area contributed by atoms with E-state index in [1.54, 1.807) is 0 Å². The molecule has 0 aromatic heterocycles. The summed E-state index contributed by atoms with van der Waals surface area (Å²) in [4.78, 5) is 2.36. The second-order valence-corrected chi connectivity index (χ2v) is 7.16. The highest BCUT2D eigenvalue weighted by Gasteiger charge is 2.44. The molecule has 0 amide bonds. The lowest BCUT2D eigenvalue weighted by Crippen LogP contribution is -2.68. The number of hydrogen-bond acceptors (Lipinski definition) is 2. The van der Waals surface area contributed by atoms with Crippen LogP contribution in [0.1, 0.15) is 58.8 Å². The Morgan fingerprint density at radius 3 is 2.35 bits per heavy atom. The molecule has 1 N–H and O–H groups in total. The number of alkyl halides is 3. The van der Waals surface area contributed by atoms with Crippen LogP contribution in [0, 0.1) is 0 Å². The fraction of sp³-hybridized carbons (Fsp3) is 1.00. The zero-order valence-corrected chi connectivity index (χ0v) is 12.7. The predicted molar refractivity (Wildman–Crippen MR) is 74.8 cm³/mol. The third-order valence-electron chi connectivity index (χ3n) is 4.83. The highest BCUT2D eigenvalue weighted by Crippen LogP contribution is 2.37. The quantitative estimate of drug-likeness (QED) is 0.853. The van der Waals surface area contributed by atoms with E-state index in [0.29, 0.717) is 6.54 Å². The number of rotatable bonds is 3. The van der Waals surface area contributed by atoms with E-state index >= 15 is 0 Å². The second kappa shape index (κ2) is 5.84. The summed E-state index contributed by atoms with van der Waals surface area (Å²) in [6.07, 6.45) is 1.47. The molecule has 2 fully saturated rings. The van der Waals surface area contributed by atoms with Crippen LogP contribution in [0.15, 0.2) is 0 Å². The Morgan fingerprint density at radius 2 is 1.75 bits per heavy atom. The van der Waals surface area contributed by atoms with Gasteiger partial charge in [-0.15, -0.1) is 0 Å². The van der Waals surface area contributed by atoms with Gasteiger partial charge in [0.25, 0.3) is 0 Å². The van der Waals surface area contributed by atoms with Crippen molar-refractivity contribution in [3.8, 4) is 0 Å². The molecule has 1 saturated carbocycles. The lowest BCUT2D eigenvalue weighted by molar-refractivity contribution is -0.137. The Kier molecular flexibility index (Phi) is 4.69. The van der Waals surface area contributed by atoms with E-state index in [1.807, 2.05) is 0 Å². The van der Waals surface area contributed by atoms with Gasteiger partial charge in [-0.05, 0) is 39.7 Å². The minimum Gasteiger partial charge on any atom is -0.309 e. The number of halogens is 3. The molecule has 1 saturated heterocycles. The molecule has 1 aliphatic carbocycles. The summed E-state index contributed by atoms with van der Waals surface area (Å²) in [5, 5.41) is 3.59. The van der Waals surface area contributed by atoms with Crippen molar-refractivity contribution in [2.24, 2.45) is 0 Å². The first-order chi connectivity index (χ1) is 9.23. The third-order valence-corrected chi connectivity index (χ3v) is 4.83. The highest BCUT2D eigenvalue weighted by molar-refractivity contribution is 5.03. The van der Waals surface area contributed by atoms with Crippen molar-refractivity contribution in [3.63, 3.8) is 0 Å². The molecule has 0 radical (unpaired) electrons. The summed E-state index contributed by atoms with van der Waals surface area (Å²) >= 11 is 0. The number of nitrogens with zero attached hydrogens (tertiary/aromatic N) is 1. The Balaban J connectivity index is 1.99. The Bertz CT molecular complexity index is 320. The Labute approximate surface area is 120 Å². The maximum absolute atomic E-state index is 12.4. The standard InChI is InChI=1S/C15H27F3N2/c1-13(2)12-20(10-6-9-15(16,17)18)14(11-19-13)7-4-3-5-8-14/h19H,3-12H2,1-2H3. The van der Waals surface area contributed by atoms with E-state index in [9.17, 15) is 13.2 Å². The first-order valence-corrected chi connectivity index (χ1v) is 7.79. The molecule has 0 aromatic carbocycles. The Hall–Kier alpha value is -0.290. The van der Waals surface area contributed by atoms with Crippen LogP contribution in [0.4, 0.5) is 13.2 Å². The summed E-state index contributed by atoms with van der Waals surface area (Å²) in [6, 6.07) is 0. The van der Waals surface area contributed by atoms with Gasteiger partial charge in [0.2, 0.25) is 0 Å². The van der Waals surface area contributed by atoms with Crippen LogP contribution in [-0.4, -0.2) is 41.8 Å². The molecule has 1 heterocycles. The third kappa shape index (κ3) is 4.10. The first kappa shape index (κ1) is 16.1. The normalized spacial score (nSPS) is 26.9. The van der Waals surface area contributed by atoms with E-state index < -0.39 is 12.6 Å². The highest BCUT2D eigenvalue weighted by atomic mass is 19.4. The molecule has 2 aliphatic rings. The molecule has 1 spiro atoms. The molecule has 2 nitrogen and oxygen atoms in total. The molecule has 0 aromatic rings. The zero-order valence-electron chi connectivity index (χ0n) is 12.7. The van der Waals surface area contributed by atoms with Crippen molar-refractivity contribution in [2.75, 3.05) is 19.6 Å². The van der Waals surface area contributed by atoms with Crippen LogP contribution in [0.25, 0.3) is 0 Å². The smallest absolute Gasteiger partial charge is 0.309 e. The fourth-order valence-corrected chi connectivity index (χ4v) is 3.71. The van der Waals surface area contributed by atoms with Crippen LogP contribution in [0.3, 0.4) is 0 Å². The van der Waals surface area contributed by atoms with Crippen molar-refractivity contribution in [1.82, 2.24) is 10.2 Å². The van der Waals surface area contributed by atoms with Crippen molar-refractivity contribution in [2.45, 2.75) is 76.0 Å². The maximum Gasteiger partial charge on any atom is 0.389 e. The summed E-state index contributed by atoms with van der Waals surface area (Å²) in [6.45, 7) is 6.63. The minimum atomic E-state index is -4.02. The van der Waals surface area contributed by atoms with E-state index in [-0.39, 0.29) is 17.5 Å². The van der Waals surface area contributed by atoms with E-state index in [1.165, 1.54) is 19.3 Å². The Morgan fingerprint density at radius 1 is 1.10 bits per heavy atom. The average molecular weight is 292 g/mol. The first-order valence-electron chi connectivity index (χ1n) is 7.79. The number of piperazine rings is 1. The minimum absolute atomic E-state index is 0.000922. The largest absolute Gasteiger partial charge is 0.389 e. The predicted octanol–water partition coefficient (Wildman–Crippen LogP) is 3.72. The van der Waals surface area contributed by atoms with Crippen LogP contribution in [0.2, 0.25) is 0 Å². The summed E-state index contributed by atoms with van der Waals surface area (Å²) in [7, 11) is 0. The topological polar surface area (TPSA) is 15.3 Å². The molecule has 0 unspecified atom stereocenters. The van der Waals surface area contributed by atoms with Crippen LogP contribution >= 0.6 is 0 Å². The van der Waals surface area contributed by atoms with Gasteiger partial charge >= 0.3 is 6.18 Å². The van der Waals surface area contributed by atoms with Crippen molar-refractivity contribution in [1.29, 1.82) is 0 Å². The van der Waals surface area contributed by atoms with Crippen LogP contribution in [0.5, 0.6) is 0 Å². The van der Waals surface area contributed by atoms with Gasteiger partial charge in [0.15, 0.2) is 0 Å². The molecule has 118 valence electrons. The van der Waals surface area contributed by atoms with Gasteiger partial charge in [-0.2, -0.15) is 13.2 Å². The van der Waals surface area contributed by atoms with Gasteiger partial charge in [0.05, 0.1) is 0 Å². The number of nitrogens with one attached hydrogen (secondary N) is 1. The van der Waals surface area contributed by atoms with Crippen LogP contribution in [-0.2, 0) is 0 Å². The SMILES string of the molecule is CC1(C)CN(CCCC(F)(F)F)C2(CCCCC2)CN1. The zero-order chi connectivity index (χ0) is 14.9. The van der Waals surface area contributed by atoms with Gasteiger partial charge in [-0.1, -0.05) is 19.3 Å². The van der Waals surface area contributed by atoms with E-state index in [0.717, 1.165) is 25.9 Å². The lowest BCUT2D eigenvalue weighted by Gasteiger charge is -2.54. The van der Waals surface area contributed by atoms with Gasteiger partial charge in [-0.3, -0.25) is 4.90 Å². The molecular formula is C15H27F3N2. The lowest BCUT2D eigenvalue weighted by atomic mass is 9.77. The molecule has 5 heteroatoms. The van der Waals surface area contributed by atoms with Crippen molar-refractivity contribution < 1.29 is 13.2 Å². The fourth-order valence-electron chi connectivity index (χ4n) is 3.71. The summed E-state index contributed by atoms with van der Waals surface area (Å²) in [5.74, 6) is 0. The van der Waals surface area contributed by atoms with Gasteiger partial charge in [0, 0.05) is 30.6 Å². The molecule has 20 heavy (non-hydrogen) atoms. The van der Waals surface area contributed by atoms with Gasteiger partial charge < -0.3 is 5.32 Å². The average Bonchev–Trinajstić information content (AvgIpc) is 2.34. The monoisotopic (exact) mass is 292 g/mol. The molecule has 2 rings (SSSR count). The van der Waals surface area contributed by atoms with Gasteiger partial charge in [-0.25, -0.2) is 0 Å². The second-order valence-electron chi connectivity index (χ2n) is 7.16. The maximum atomic E-state index is 12.4. The molecule has 1 aliphatic heterocycles. The van der Waals surface area contributed by atoms with Gasteiger partial charge in [0.1, 0.15) is 0 Å². The summed E-state index contributed by atoms with van der Waals surface area (Å²) < 4.78 is 37.1. The molecular weight excluding hydrogens is 265 g/mol. The van der Waals surface area contributed by atoms with Crippen molar-refractivity contribution >= 4 is 0 Å². The molecule has 0 atom stereocenters.